The highest BCUT2D eigenvalue weighted by molar-refractivity contribution is 7.89. The zero-order valence-corrected chi connectivity index (χ0v) is 9.06. The Kier molecular flexibility index (Phi) is 3.30. The Morgan fingerprint density at radius 2 is 1.94 bits per heavy atom. The largest absolute Gasteiger partial charge is 0.573 e. The molecule has 5 nitrogen and oxygen atoms in total. The molecule has 96 valence electrons. The number of primary sulfonamides is 1. The van der Waals surface area contributed by atoms with E-state index < -0.39 is 38.5 Å². The Hall–Kier alpha value is -1.42. The van der Waals surface area contributed by atoms with Crippen molar-refractivity contribution in [3.05, 3.63) is 17.7 Å². The predicted octanol–water partition coefficient (Wildman–Crippen LogP) is 1.08. The maximum atomic E-state index is 13.0. The van der Waals surface area contributed by atoms with Crippen molar-refractivity contribution in [3.63, 3.8) is 0 Å². The van der Waals surface area contributed by atoms with Crippen LogP contribution < -0.4 is 9.88 Å². The summed E-state index contributed by atoms with van der Waals surface area (Å²) in [5.41, 5.74) is -0.600. The highest BCUT2D eigenvalue weighted by Crippen LogP contribution is 2.30. The summed E-state index contributed by atoms with van der Waals surface area (Å²) in [5.74, 6) is -2.89. The van der Waals surface area contributed by atoms with E-state index in [1.807, 2.05) is 0 Å². The van der Waals surface area contributed by atoms with Crippen LogP contribution in [0.2, 0.25) is 0 Å². The molecule has 0 fully saturated rings. The van der Waals surface area contributed by atoms with Crippen molar-refractivity contribution in [2.24, 2.45) is 5.14 Å². The van der Waals surface area contributed by atoms with Crippen LogP contribution in [0.3, 0.4) is 0 Å². The molecule has 0 aliphatic heterocycles. The molecule has 2 N–H and O–H groups in total. The zero-order valence-electron chi connectivity index (χ0n) is 8.25. The molecular weight excluding hydrogens is 268 g/mol. The van der Waals surface area contributed by atoms with Gasteiger partial charge >= 0.3 is 6.36 Å². The molecule has 0 radical (unpaired) electrons. The highest BCUT2D eigenvalue weighted by atomic mass is 32.2. The Bertz CT molecular complexity index is 541. The lowest BCUT2D eigenvalue weighted by Gasteiger charge is -2.13. The van der Waals surface area contributed by atoms with E-state index in [0.717, 1.165) is 6.92 Å². The normalized spacial score (nSPS) is 12.6. The average Bonchev–Trinajstić information content (AvgIpc) is 2.08. The molecular formula is C7H6F4N2O3S. The van der Waals surface area contributed by atoms with Crippen molar-refractivity contribution in [2.45, 2.75) is 18.2 Å². The molecule has 10 heteroatoms. The Balaban J connectivity index is 3.41. The van der Waals surface area contributed by atoms with Crippen molar-refractivity contribution in [1.82, 2.24) is 4.98 Å². The third kappa shape index (κ3) is 3.27. The highest BCUT2D eigenvalue weighted by Gasteiger charge is 2.34. The molecule has 0 aliphatic carbocycles. The van der Waals surface area contributed by atoms with Gasteiger partial charge in [0.15, 0.2) is 5.75 Å². The Morgan fingerprint density at radius 3 is 2.35 bits per heavy atom. The lowest BCUT2D eigenvalue weighted by molar-refractivity contribution is -0.276. The smallest absolute Gasteiger partial charge is 0.401 e. The monoisotopic (exact) mass is 274 g/mol. The number of hydrogen-bond donors (Lipinski definition) is 1. The number of halogens is 4. The van der Waals surface area contributed by atoms with E-state index in [2.05, 4.69) is 9.72 Å². The number of rotatable bonds is 2. The quantitative estimate of drug-likeness (QED) is 0.646. The van der Waals surface area contributed by atoms with E-state index in [1.165, 1.54) is 0 Å². The van der Waals surface area contributed by atoms with Crippen LogP contribution in [0.1, 0.15) is 5.56 Å². The molecule has 0 aliphatic rings. The molecule has 0 bridgehead atoms. The number of aromatic nitrogens is 1. The van der Waals surface area contributed by atoms with Crippen LogP contribution in [-0.4, -0.2) is 19.8 Å². The Morgan fingerprint density at radius 1 is 1.41 bits per heavy atom. The second-order valence-corrected chi connectivity index (χ2v) is 4.49. The maximum absolute atomic E-state index is 13.0. The number of alkyl halides is 3. The minimum Gasteiger partial charge on any atom is -0.401 e. The number of sulfonamides is 1. The fourth-order valence-electron chi connectivity index (χ4n) is 1.06. The second kappa shape index (κ2) is 4.11. The first kappa shape index (κ1) is 13.6. The van der Waals surface area contributed by atoms with Gasteiger partial charge in [-0.25, -0.2) is 18.5 Å². The van der Waals surface area contributed by atoms with E-state index in [0.29, 0.717) is 6.20 Å². The topological polar surface area (TPSA) is 82.3 Å². The average molecular weight is 274 g/mol. The van der Waals surface area contributed by atoms with E-state index in [1.54, 1.807) is 0 Å². The van der Waals surface area contributed by atoms with E-state index in [-0.39, 0.29) is 0 Å². The van der Waals surface area contributed by atoms with Crippen LogP contribution in [-0.2, 0) is 10.0 Å². The van der Waals surface area contributed by atoms with Gasteiger partial charge in [0.2, 0.25) is 10.0 Å². The van der Waals surface area contributed by atoms with Crippen LogP contribution in [0.25, 0.3) is 0 Å². The molecule has 0 aromatic carbocycles. The summed E-state index contributed by atoms with van der Waals surface area (Å²) in [4.78, 5) is 2.10. The molecule has 1 heterocycles. The summed E-state index contributed by atoms with van der Waals surface area (Å²) in [5, 5.41) is 4.71. The van der Waals surface area contributed by atoms with E-state index >= 15 is 0 Å². The van der Waals surface area contributed by atoms with Gasteiger partial charge in [-0.1, -0.05) is 0 Å². The predicted molar refractivity (Wildman–Crippen MR) is 47.0 cm³/mol. The lowest BCUT2D eigenvalue weighted by atomic mass is 10.3. The maximum Gasteiger partial charge on any atom is 0.573 e. The van der Waals surface area contributed by atoms with Crippen LogP contribution in [0.5, 0.6) is 5.75 Å². The number of nitrogens with two attached hydrogens (primary N) is 1. The molecule has 1 aromatic rings. The Labute approximate surface area is 93.3 Å². The molecule has 0 unspecified atom stereocenters. The van der Waals surface area contributed by atoms with Crippen LogP contribution in [0, 0.1) is 12.9 Å². The van der Waals surface area contributed by atoms with Gasteiger partial charge in [-0.3, -0.25) is 0 Å². The summed E-state index contributed by atoms with van der Waals surface area (Å²) in [6, 6.07) is 0. The number of hydrogen-bond acceptors (Lipinski definition) is 4. The zero-order chi connectivity index (χ0) is 13.4. The number of nitrogens with zero attached hydrogens (tertiary/aromatic N) is 1. The fraction of sp³-hybridized carbons (Fsp3) is 0.286. The molecule has 1 rings (SSSR count). The summed E-state index contributed by atoms with van der Waals surface area (Å²) in [7, 11) is -4.30. The van der Waals surface area contributed by atoms with Crippen molar-refractivity contribution in [3.8, 4) is 5.75 Å². The first-order valence-electron chi connectivity index (χ1n) is 3.96. The van der Waals surface area contributed by atoms with Crippen molar-refractivity contribution in [1.29, 1.82) is 0 Å². The number of pyridine rings is 1. The molecule has 0 saturated heterocycles. The van der Waals surface area contributed by atoms with Gasteiger partial charge in [-0.05, 0) is 6.92 Å². The van der Waals surface area contributed by atoms with Crippen LogP contribution in [0.15, 0.2) is 11.1 Å². The minimum atomic E-state index is -5.16. The first-order chi connectivity index (χ1) is 7.52. The van der Waals surface area contributed by atoms with Gasteiger partial charge in [-0.2, -0.15) is 4.39 Å². The van der Waals surface area contributed by atoms with Crippen molar-refractivity contribution in [2.75, 3.05) is 0 Å². The van der Waals surface area contributed by atoms with Gasteiger partial charge in [0.05, 0.1) is 6.20 Å². The summed E-state index contributed by atoms with van der Waals surface area (Å²) in [6.07, 6.45) is -4.65. The standard InChI is InChI=1S/C7H6F4N2O3S/c1-3-4(17(12,14)15)2-13-6(8)5(3)16-7(9,10)11/h2H,1H3,(H2,12,14,15). The van der Waals surface area contributed by atoms with E-state index in [4.69, 9.17) is 5.14 Å². The fourth-order valence-corrected chi connectivity index (χ4v) is 1.78. The van der Waals surface area contributed by atoms with Gasteiger partial charge in [0, 0.05) is 5.56 Å². The van der Waals surface area contributed by atoms with Gasteiger partial charge < -0.3 is 4.74 Å². The summed E-state index contributed by atoms with van der Waals surface area (Å²) < 4.78 is 74.0. The molecule has 0 spiro atoms. The first-order valence-corrected chi connectivity index (χ1v) is 5.50. The second-order valence-electron chi connectivity index (χ2n) is 2.96. The van der Waals surface area contributed by atoms with E-state index in [9.17, 15) is 26.0 Å². The van der Waals surface area contributed by atoms with Crippen LogP contribution in [0.4, 0.5) is 17.6 Å². The number of ether oxygens (including phenoxy) is 1. The van der Waals surface area contributed by atoms with Crippen molar-refractivity contribution >= 4 is 10.0 Å². The molecule has 1 aromatic heterocycles. The SMILES string of the molecule is Cc1c(S(N)(=O)=O)cnc(F)c1OC(F)(F)F. The molecule has 17 heavy (non-hydrogen) atoms. The third-order valence-electron chi connectivity index (χ3n) is 1.72. The third-order valence-corrected chi connectivity index (χ3v) is 2.74. The van der Waals surface area contributed by atoms with Gasteiger partial charge in [0.1, 0.15) is 4.90 Å². The van der Waals surface area contributed by atoms with Crippen LogP contribution >= 0.6 is 0 Å². The molecule has 0 saturated carbocycles. The minimum absolute atomic E-state index is 0.517. The van der Waals surface area contributed by atoms with Gasteiger partial charge in [0.25, 0.3) is 5.95 Å². The van der Waals surface area contributed by atoms with Gasteiger partial charge in [-0.15, -0.1) is 13.2 Å². The van der Waals surface area contributed by atoms with Crippen molar-refractivity contribution < 1.29 is 30.7 Å². The molecule has 0 amide bonds. The summed E-state index contributed by atoms with van der Waals surface area (Å²) >= 11 is 0. The molecule has 0 atom stereocenters. The lowest BCUT2D eigenvalue weighted by Crippen LogP contribution is -2.21. The summed E-state index contributed by atoms with van der Waals surface area (Å²) in [6.45, 7) is 0.922.